The molecule has 0 saturated heterocycles. The van der Waals surface area contributed by atoms with Gasteiger partial charge in [-0.1, -0.05) is 32.0 Å². The summed E-state index contributed by atoms with van der Waals surface area (Å²) in [7, 11) is 0. The van der Waals surface area contributed by atoms with Gasteiger partial charge in [0.2, 0.25) is 0 Å². The maximum absolute atomic E-state index is 15.4. The second-order valence-corrected chi connectivity index (χ2v) is 8.24. The molecule has 0 unspecified atom stereocenters. The SMILES string of the molecule is CC(C)c1cccc(-c2cn3c(-c4ccc5[nH]ncc5c4F)c(C(C)(F)F)nc3cn2)c1. The lowest BCUT2D eigenvalue weighted by atomic mass is 10.00. The van der Waals surface area contributed by atoms with E-state index in [0.717, 1.165) is 18.1 Å². The van der Waals surface area contributed by atoms with E-state index in [1.165, 1.54) is 22.9 Å². The van der Waals surface area contributed by atoms with Crippen LogP contribution in [-0.2, 0) is 5.92 Å². The number of alkyl halides is 2. The van der Waals surface area contributed by atoms with Crippen LogP contribution in [0.2, 0.25) is 0 Å². The van der Waals surface area contributed by atoms with Gasteiger partial charge >= 0.3 is 0 Å². The van der Waals surface area contributed by atoms with E-state index < -0.39 is 17.4 Å². The molecule has 162 valence electrons. The highest BCUT2D eigenvalue weighted by Crippen LogP contribution is 2.38. The maximum Gasteiger partial charge on any atom is 0.289 e. The van der Waals surface area contributed by atoms with Crippen molar-refractivity contribution in [2.24, 2.45) is 0 Å². The minimum atomic E-state index is -3.28. The number of rotatable bonds is 4. The summed E-state index contributed by atoms with van der Waals surface area (Å²) >= 11 is 0. The second-order valence-electron chi connectivity index (χ2n) is 8.24. The summed E-state index contributed by atoms with van der Waals surface area (Å²) < 4.78 is 46.0. The number of hydrogen-bond acceptors (Lipinski definition) is 3. The molecule has 0 bridgehead atoms. The molecule has 0 amide bonds. The Balaban J connectivity index is 1.79. The Morgan fingerprint density at radius 2 is 1.91 bits per heavy atom. The number of imidazole rings is 1. The Hall–Kier alpha value is -3.68. The number of H-pyrrole nitrogens is 1. The number of fused-ring (bicyclic) bond motifs is 2. The molecule has 0 fully saturated rings. The van der Waals surface area contributed by atoms with E-state index in [1.54, 1.807) is 12.3 Å². The Kier molecular flexibility index (Phi) is 4.54. The first-order chi connectivity index (χ1) is 15.2. The standard InChI is InChI=1S/C24H20F3N5/c1-13(2)14-5-4-6-15(9-14)19-12-32-20(11-28-19)30-23(24(3,26)27)22(32)16-7-8-18-17(21(16)25)10-29-31-18/h4-13H,1-3H3,(H,29,31). The van der Waals surface area contributed by atoms with E-state index in [2.05, 4.69) is 34.0 Å². The van der Waals surface area contributed by atoms with Crippen LogP contribution in [0.15, 0.2) is 55.0 Å². The monoisotopic (exact) mass is 435 g/mol. The van der Waals surface area contributed by atoms with Crippen molar-refractivity contribution in [2.45, 2.75) is 32.6 Å². The third-order valence-electron chi connectivity index (χ3n) is 5.59. The second kappa shape index (κ2) is 7.19. The number of aromatic amines is 1. The number of hydrogen-bond donors (Lipinski definition) is 1. The van der Waals surface area contributed by atoms with E-state index in [9.17, 15) is 8.78 Å². The van der Waals surface area contributed by atoms with Gasteiger partial charge in [0, 0.05) is 24.2 Å². The lowest BCUT2D eigenvalue weighted by Gasteiger charge is -2.12. The Bertz CT molecular complexity index is 1460. The molecule has 32 heavy (non-hydrogen) atoms. The van der Waals surface area contributed by atoms with Crippen molar-refractivity contribution in [3.8, 4) is 22.5 Å². The van der Waals surface area contributed by atoms with Crippen LogP contribution in [0.25, 0.3) is 39.1 Å². The Labute approximate surface area is 182 Å². The van der Waals surface area contributed by atoms with Gasteiger partial charge in [0.15, 0.2) is 5.65 Å². The molecule has 5 aromatic rings. The van der Waals surface area contributed by atoms with Crippen LogP contribution in [0.5, 0.6) is 0 Å². The molecule has 5 nitrogen and oxygen atoms in total. The van der Waals surface area contributed by atoms with Crippen molar-refractivity contribution >= 4 is 16.6 Å². The highest BCUT2D eigenvalue weighted by Gasteiger charge is 2.34. The molecular formula is C24H20F3N5. The van der Waals surface area contributed by atoms with Gasteiger partial charge in [-0.3, -0.25) is 14.5 Å². The van der Waals surface area contributed by atoms with Gasteiger partial charge < -0.3 is 0 Å². The summed E-state index contributed by atoms with van der Waals surface area (Å²) in [4.78, 5) is 8.54. The van der Waals surface area contributed by atoms with Crippen molar-refractivity contribution < 1.29 is 13.2 Å². The first-order valence-corrected chi connectivity index (χ1v) is 10.2. The van der Waals surface area contributed by atoms with Crippen molar-refractivity contribution in [1.82, 2.24) is 24.6 Å². The quantitative estimate of drug-likeness (QED) is 0.360. The predicted molar refractivity (Wildman–Crippen MR) is 117 cm³/mol. The topological polar surface area (TPSA) is 58.9 Å². The molecule has 0 aliphatic rings. The van der Waals surface area contributed by atoms with E-state index in [0.29, 0.717) is 17.1 Å². The van der Waals surface area contributed by atoms with Crippen LogP contribution in [0.1, 0.15) is 37.9 Å². The van der Waals surface area contributed by atoms with Crippen LogP contribution < -0.4 is 0 Å². The average Bonchev–Trinajstić information content (AvgIpc) is 3.39. The van der Waals surface area contributed by atoms with Crippen LogP contribution in [0, 0.1) is 5.82 Å². The lowest BCUT2D eigenvalue weighted by Crippen LogP contribution is -2.10. The largest absolute Gasteiger partial charge is 0.296 e. The lowest BCUT2D eigenvalue weighted by molar-refractivity contribution is 0.0139. The van der Waals surface area contributed by atoms with E-state index in [4.69, 9.17) is 0 Å². The minimum absolute atomic E-state index is 0.00300. The highest BCUT2D eigenvalue weighted by molar-refractivity contribution is 5.85. The zero-order valence-corrected chi connectivity index (χ0v) is 17.7. The third kappa shape index (κ3) is 3.23. The minimum Gasteiger partial charge on any atom is -0.296 e. The molecule has 0 atom stereocenters. The molecule has 0 aliphatic carbocycles. The van der Waals surface area contributed by atoms with Crippen molar-refractivity contribution in [3.63, 3.8) is 0 Å². The molecule has 0 saturated carbocycles. The van der Waals surface area contributed by atoms with Crippen molar-refractivity contribution in [2.75, 3.05) is 0 Å². The van der Waals surface area contributed by atoms with Gasteiger partial charge in [-0.25, -0.2) is 9.37 Å². The predicted octanol–water partition coefficient (Wildman–Crippen LogP) is 6.31. The highest BCUT2D eigenvalue weighted by atomic mass is 19.3. The smallest absolute Gasteiger partial charge is 0.289 e. The summed E-state index contributed by atoms with van der Waals surface area (Å²) in [5, 5.41) is 6.76. The van der Waals surface area contributed by atoms with Crippen LogP contribution in [0.3, 0.4) is 0 Å². The van der Waals surface area contributed by atoms with Gasteiger partial charge in [0.1, 0.15) is 11.5 Å². The first kappa shape index (κ1) is 20.2. The zero-order chi connectivity index (χ0) is 22.6. The molecule has 3 heterocycles. The summed E-state index contributed by atoms with van der Waals surface area (Å²) in [5.74, 6) is -3.59. The molecule has 1 N–H and O–H groups in total. The van der Waals surface area contributed by atoms with Gasteiger partial charge in [-0.2, -0.15) is 13.9 Å². The molecule has 0 radical (unpaired) electrons. The van der Waals surface area contributed by atoms with E-state index >= 15 is 4.39 Å². The molecule has 5 rings (SSSR count). The summed E-state index contributed by atoms with van der Waals surface area (Å²) in [5.41, 5.74) is 2.77. The third-order valence-corrected chi connectivity index (χ3v) is 5.59. The van der Waals surface area contributed by atoms with Gasteiger partial charge in [0.05, 0.1) is 34.7 Å². The first-order valence-electron chi connectivity index (χ1n) is 10.2. The summed E-state index contributed by atoms with van der Waals surface area (Å²) in [6, 6.07) is 11.0. The van der Waals surface area contributed by atoms with Crippen LogP contribution in [-0.4, -0.2) is 24.6 Å². The van der Waals surface area contributed by atoms with Crippen molar-refractivity contribution in [1.29, 1.82) is 0 Å². The van der Waals surface area contributed by atoms with E-state index in [-0.39, 0.29) is 22.3 Å². The maximum atomic E-state index is 15.4. The van der Waals surface area contributed by atoms with Gasteiger partial charge in [-0.15, -0.1) is 0 Å². The molecule has 0 aliphatic heterocycles. The number of nitrogens with zero attached hydrogens (tertiary/aromatic N) is 4. The summed E-state index contributed by atoms with van der Waals surface area (Å²) in [6.07, 6.45) is 4.40. The van der Waals surface area contributed by atoms with Gasteiger partial charge in [-0.05, 0) is 29.7 Å². The molecule has 3 aromatic heterocycles. The zero-order valence-electron chi connectivity index (χ0n) is 17.7. The fourth-order valence-electron chi connectivity index (χ4n) is 3.89. The number of benzene rings is 2. The fraction of sp³-hybridized carbons (Fsp3) is 0.208. The molecule has 8 heteroatoms. The van der Waals surface area contributed by atoms with Crippen LogP contribution >= 0.6 is 0 Å². The Morgan fingerprint density at radius 3 is 2.66 bits per heavy atom. The van der Waals surface area contributed by atoms with Gasteiger partial charge in [0.25, 0.3) is 5.92 Å². The van der Waals surface area contributed by atoms with Crippen molar-refractivity contribution in [3.05, 3.63) is 72.1 Å². The Morgan fingerprint density at radius 1 is 1.09 bits per heavy atom. The molecule has 2 aromatic carbocycles. The number of nitrogens with one attached hydrogen (secondary N) is 1. The van der Waals surface area contributed by atoms with Crippen LogP contribution in [0.4, 0.5) is 13.2 Å². The summed E-state index contributed by atoms with van der Waals surface area (Å²) in [6.45, 7) is 4.94. The number of aromatic nitrogens is 5. The molecule has 0 spiro atoms. The molecular weight excluding hydrogens is 415 g/mol. The normalized spacial score (nSPS) is 12.3. The van der Waals surface area contributed by atoms with E-state index in [1.807, 2.05) is 24.3 Å². The number of halogens is 3. The fourth-order valence-corrected chi connectivity index (χ4v) is 3.89. The average molecular weight is 435 g/mol.